The van der Waals surface area contributed by atoms with E-state index >= 15 is 0 Å². The molecule has 0 heterocycles. The lowest BCUT2D eigenvalue weighted by atomic mass is 10.1. The monoisotopic (exact) mass is 343 g/mol. The zero-order chi connectivity index (χ0) is 14.7. The van der Waals surface area contributed by atoms with Gasteiger partial charge in [0.05, 0.1) is 16.8 Å². The average molecular weight is 344 g/mol. The number of amidine groups is 1. The molecular weight excluding hydrogens is 325 g/mol. The molecule has 0 radical (unpaired) electrons. The molecule has 1 aromatic rings. The molecule has 0 spiro atoms. The summed E-state index contributed by atoms with van der Waals surface area (Å²) in [6, 6.07) is 3.28. The summed E-state index contributed by atoms with van der Waals surface area (Å²) in [4.78, 5) is 1.80. The minimum absolute atomic E-state index is 0.155. The molecular formula is C14H19BrFN3O. The molecule has 4 nitrogen and oxygen atoms in total. The van der Waals surface area contributed by atoms with Gasteiger partial charge in [-0.3, -0.25) is 5.41 Å². The molecule has 2 rings (SSSR count). The molecule has 0 unspecified atom stereocenters. The van der Waals surface area contributed by atoms with Crippen LogP contribution in [0.3, 0.4) is 0 Å². The molecule has 20 heavy (non-hydrogen) atoms. The Morgan fingerprint density at radius 2 is 2.25 bits per heavy atom. The van der Waals surface area contributed by atoms with Gasteiger partial charge in [-0.05, 0) is 46.8 Å². The molecule has 1 fully saturated rings. The van der Waals surface area contributed by atoms with Gasteiger partial charge in [0.15, 0.2) is 5.82 Å². The number of anilines is 1. The van der Waals surface area contributed by atoms with Crippen molar-refractivity contribution in [1.29, 1.82) is 5.41 Å². The number of nitrogens with zero attached hydrogens (tertiary/aromatic N) is 1. The predicted molar refractivity (Wildman–Crippen MR) is 81.9 cm³/mol. The summed E-state index contributed by atoms with van der Waals surface area (Å²) in [5.41, 5.74) is 6.23. The Bertz CT molecular complexity index is 505. The van der Waals surface area contributed by atoms with Crippen LogP contribution in [0.25, 0.3) is 0 Å². The van der Waals surface area contributed by atoms with Gasteiger partial charge in [-0.15, -0.1) is 0 Å². The standard InChI is InChI=1S/C14H19BrFN3O/c1-19(6-7-20-8-9-2-3-9)11-5-4-10(14(17)18)12(15)13(11)16/h4-5,9H,2-3,6-8H2,1H3,(H3,17,18). The van der Waals surface area contributed by atoms with E-state index in [2.05, 4.69) is 15.9 Å². The Labute approximate surface area is 126 Å². The van der Waals surface area contributed by atoms with Crippen molar-refractivity contribution >= 4 is 27.5 Å². The Morgan fingerprint density at radius 3 is 2.85 bits per heavy atom. The molecule has 0 amide bonds. The third-order valence-corrected chi connectivity index (χ3v) is 4.16. The third-order valence-electron chi connectivity index (χ3n) is 3.38. The van der Waals surface area contributed by atoms with E-state index in [9.17, 15) is 4.39 Å². The number of ether oxygens (including phenoxy) is 1. The van der Waals surface area contributed by atoms with E-state index in [0.717, 1.165) is 12.5 Å². The summed E-state index contributed by atoms with van der Waals surface area (Å²) in [5.74, 6) is 0.182. The van der Waals surface area contributed by atoms with Gasteiger partial charge in [-0.25, -0.2) is 4.39 Å². The van der Waals surface area contributed by atoms with Crippen molar-refractivity contribution in [1.82, 2.24) is 0 Å². The van der Waals surface area contributed by atoms with Gasteiger partial charge in [0.25, 0.3) is 0 Å². The van der Waals surface area contributed by atoms with Crippen molar-refractivity contribution in [2.24, 2.45) is 11.7 Å². The van der Waals surface area contributed by atoms with Gasteiger partial charge in [0.2, 0.25) is 0 Å². The van der Waals surface area contributed by atoms with E-state index in [-0.39, 0.29) is 10.3 Å². The molecule has 0 aromatic heterocycles. The molecule has 0 bridgehead atoms. The van der Waals surface area contributed by atoms with E-state index < -0.39 is 5.82 Å². The molecule has 6 heteroatoms. The SMILES string of the molecule is CN(CCOCC1CC1)c1ccc(C(=N)N)c(Br)c1F. The molecule has 1 aliphatic carbocycles. The number of rotatable bonds is 7. The largest absolute Gasteiger partial charge is 0.384 e. The fourth-order valence-corrected chi connectivity index (χ4v) is 2.45. The molecule has 0 aliphatic heterocycles. The van der Waals surface area contributed by atoms with Crippen LogP contribution in [0.5, 0.6) is 0 Å². The highest BCUT2D eigenvalue weighted by molar-refractivity contribution is 9.10. The number of likely N-dealkylation sites (N-methyl/N-ethyl adjacent to an activating group) is 1. The minimum Gasteiger partial charge on any atom is -0.384 e. The van der Waals surface area contributed by atoms with E-state index in [1.807, 2.05) is 7.05 Å². The number of hydrogen-bond donors (Lipinski definition) is 2. The van der Waals surface area contributed by atoms with E-state index in [1.165, 1.54) is 12.8 Å². The number of benzene rings is 1. The summed E-state index contributed by atoms with van der Waals surface area (Å²) in [7, 11) is 1.82. The van der Waals surface area contributed by atoms with E-state index in [0.29, 0.717) is 24.4 Å². The maximum absolute atomic E-state index is 14.2. The van der Waals surface area contributed by atoms with Crippen LogP contribution in [0.1, 0.15) is 18.4 Å². The molecule has 1 aromatic carbocycles. The van der Waals surface area contributed by atoms with E-state index in [4.69, 9.17) is 15.9 Å². The first kappa shape index (κ1) is 15.3. The maximum Gasteiger partial charge on any atom is 0.161 e. The van der Waals surface area contributed by atoms with Crippen molar-refractivity contribution in [3.63, 3.8) is 0 Å². The number of hydrogen-bond acceptors (Lipinski definition) is 3. The Hall–Kier alpha value is -1.14. The fourth-order valence-electron chi connectivity index (χ4n) is 1.90. The second kappa shape index (κ2) is 6.54. The summed E-state index contributed by atoms with van der Waals surface area (Å²) >= 11 is 3.16. The van der Waals surface area contributed by atoms with Gasteiger partial charge < -0.3 is 15.4 Å². The lowest BCUT2D eigenvalue weighted by Crippen LogP contribution is -2.24. The van der Waals surface area contributed by atoms with Crippen molar-refractivity contribution in [2.45, 2.75) is 12.8 Å². The predicted octanol–water partition coefficient (Wildman–Crippen LogP) is 2.74. The molecule has 3 N–H and O–H groups in total. The van der Waals surface area contributed by atoms with Crippen LogP contribution in [0.15, 0.2) is 16.6 Å². The fraction of sp³-hybridized carbons (Fsp3) is 0.500. The first-order valence-corrected chi connectivity index (χ1v) is 7.41. The Balaban J connectivity index is 1.96. The van der Waals surface area contributed by atoms with Crippen LogP contribution in [0, 0.1) is 17.1 Å². The Kier molecular flexibility index (Phi) is 4.99. The third kappa shape index (κ3) is 3.70. The highest BCUT2D eigenvalue weighted by Gasteiger charge is 2.21. The first-order chi connectivity index (χ1) is 9.50. The topological polar surface area (TPSA) is 62.3 Å². The molecule has 0 saturated heterocycles. The van der Waals surface area contributed by atoms with Crippen LogP contribution in [0.4, 0.5) is 10.1 Å². The second-order valence-electron chi connectivity index (χ2n) is 5.11. The number of nitrogens with two attached hydrogens (primary N) is 1. The van der Waals surface area contributed by atoms with Gasteiger partial charge in [0, 0.05) is 25.8 Å². The number of halogens is 2. The van der Waals surface area contributed by atoms with Crippen LogP contribution < -0.4 is 10.6 Å². The van der Waals surface area contributed by atoms with Crippen molar-refractivity contribution < 1.29 is 9.13 Å². The molecule has 110 valence electrons. The highest BCUT2D eigenvalue weighted by atomic mass is 79.9. The van der Waals surface area contributed by atoms with Crippen LogP contribution in [0.2, 0.25) is 0 Å². The first-order valence-electron chi connectivity index (χ1n) is 6.62. The Morgan fingerprint density at radius 1 is 1.55 bits per heavy atom. The summed E-state index contributed by atoms with van der Waals surface area (Å²) in [6.07, 6.45) is 2.54. The summed E-state index contributed by atoms with van der Waals surface area (Å²) < 4.78 is 20.0. The molecule has 1 aliphatic rings. The zero-order valence-corrected chi connectivity index (χ0v) is 13.0. The average Bonchev–Trinajstić information content (AvgIpc) is 3.21. The van der Waals surface area contributed by atoms with Crippen LogP contribution in [-0.4, -0.2) is 32.6 Å². The van der Waals surface area contributed by atoms with Crippen molar-refractivity contribution in [2.75, 3.05) is 31.7 Å². The normalized spacial score (nSPS) is 14.3. The second-order valence-corrected chi connectivity index (χ2v) is 5.91. The zero-order valence-electron chi connectivity index (χ0n) is 11.5. The van der Waals surface area contributed by atoms with Crippen molar-refractivity contribution in [3.8, 4) is 0 Å². The smallest absolute Gasteiger partial charge is 0.161 e. The van der Waals surface area contributed by atoms with Gasteiger partial charge >= 0.3 is 0 Å². The quantitative estimate of drug-likeness (QED) is 0.454. The van der Waals surface area contributed by atoms with Gasteiger partial charge in [-0.1, -0.05) is 0 Å². The minimum atomic E-state index is -0.401. The maximum atomic E-state index is 14.2. The van der Waals surface area contributed by atoms with Gasteiger partial charge in [-0.2, -0.15) is 0 Å². The summed E-state index contributed by atoms with van der Waals surface area (Å²) in [6.45, 7) is 2.01. The number of nitrogen functional groups attached to an aromatic ring is 1. The van der Waals surface area contributed by atoms with Crippen molar-refractivity contribution in [3.05, 3.63) is 28.0 Å². The molecule has 0 atom stereocenters. The highest BCUT2D eigenvalue weighted by Crippen LogP contribution is 2.30. The van der Waals surface area contributed by atoms with Gasteiger partial charge in [0.1, 0.15) is 5.84 Å². The van der Waals surface area contributed by atoms with E-state index in [1.54, 1.807) is 17.0 Å². The van der Waals surface area contributed by atoms with Crippen LogP contribution in [-0.2, 0) is 4.74 Å². The lowest BCUT2D eigenvalue weighted by molar-refractivity contribution is 0.131. The lowest BCUT2D eigenvalue weighted by Gasteiger charge is -2.21. The number of nitrogens with one attached hydrogen (secondary N) is 1. The van der Waals surface area contributed by atoms with Crippen LogP contribution >= 0.6 is 15.9 Å². The molecule has 1 saturated carbocycles. The summed E-state index contributed by atoms with van der Waals surface area (Å²) in [5, 5.41) is 7.38.